The molecule has 0 radical (unpaired) electrons. The third-order valence-electron chi connectivity index (χ3n) is 3.08. The van der Waals surface area contributed by atoms with E-state index in [9.17, 15) is 8.78 Å². The van der Waals surface area contributed by atoms with Crippen LogP contribution in [0, 0.1) is 11.6 Å². The molecule has 0 saturated heterocycles. The number of hydrogen-bond donors (Lipinski definition) is 0. The van der Waals surface area contributed by atoms with E-state index in [0.717, 1.165) is 11.6 Å². The van der Waals surface area contributed by atoms with Crippen LogP contribution >= 0.6 is 0 Å². The van der Waals surface area contributed by atoms with Crippen molar-refractivity contribution in [2.75, 3.05) is 0 Å². The Hall–Kier alpha value is -2.49. The Morgan fingerprint density at radius 3 is 2.60 bits per heavy atom. The molecule has 0 atom stereocenters. The number of aromatic nitrogens is 2. The standard InChI is InChI=1S/C16H12F2N2/c17-13-9-15-16(10-14(13)18)20(11-19-15)8-4-7-12-5-2-1-3-6-12/h1-7,9-11H,8H2. The maximum atomic E-state index is 13.3. The van der Waals surface area contributed by atoms with Crippen LogP contribution in [0.3, 0.4) is 0 Å². The van der Waals surface area contributed by atoms with Crippen molar-refractivity contribution in [3.63, 3.8) is 0 Å². The van der Waals surface area contributed by atoms with E-state index in [0.29, 0.717) is 17.6 Å². The van der Waals surface area contributed by atoms with E-state index in [4.69, 9.17) is 0 Å². The molecule has 0 spiro atoms. The fourth-order valence-corrected chi connectivity index (χ4v) is 2.07. The largest absolute Gasteiger partial charge is 0.327 e. The van der Waals surface area contributed by atoms with Crippen LogP contribution in [0.5, 0.6) is 0 Å². The minimum Gasteiger partial charge on any atom is -0.327 e. The fourth-order valence-electron chi connectivity index (χ4n) is 2.07. The summed E-state index contributed by atoms with van der Waals surface area (Å²) < 4.78 is 28.1. The van der Waals surface area contributed by atoms with Gasteiger partial charge < -0.3 is 4.57 Å². The molecule has 1 heterocycles. The van der Waals surface area contributed by atoms with Gasteiger partial charge in [0.25, 0.3) is 0 Å². The van der Waals surface area contributed by atoms with Crippen LogP contribution in [0.25, 0.3) is 17.1 Å². The van der Waals surface area contributed by atoms with E-state index in [-0.39, 0.29) is 0 Å². The summed E-state index contributed by atoms with van der Waals surface area (Å²) in [6.45, 7) is 0.552. The van der Waals surface area contributed by atoms with Crippen molar-refractivity contribution in [2.45, 2.75) is 6.54 Å². The SMILES string of the molecule is Fc1cc2ncn(CC=Cc3ccccc3)c2cc1F. The van der Waals surface area contributed by atoms with E-state index in [1.54, 1.807) is 10.9 Å². The summed E-state index contributed by atoms with van der Waals surface area (Å²) in [6.07, 6.45) is 5.52. The second kappa shape index (κ2) is 5.25. The monoisotopic (exact) mass is 270 g/mol. The zero-order valence-corrected chi connectivity index (χ0v) is 10.6. The van der Waals surface area contributed by atoms with Crippen LogP contribution in [0.2, 0.25) is 0 Å². The van der Waals surface area contributed by atoms with Crippen molar-refractivity contribution in [3.8, 4) is 0 Å². The van der Waals surface area contributed by atoms with Gasteiger partial charge in [-0.1, -0.05) is 42.5 Å². The maximum Gasteiger partial charge on any atom is 0.161 e. The molecule has 0 aliphatic carbocycles. The molecule has 3 rings (SSSR count). The minimum absolute atomic E-state index is 0.456. The van der Waals surface area contributed by atoms with E-state index in [2.05, 4.69) is 4.98 Å². The number of allylic oxidation sites excluding steroid dienone is 1. The summed E-state index contributed by atoms with van der Waals surface area (Å²) in [5, 5.41) is 0. The van der Waals surface area contributed by atoms with Crippen LogP contribution in [-0.2, 0) is 6.54 Å². The van der Waals surface area contributed by atoms with Gasteiger partial charge in [-0.05, 0) is 5.56 Å². The number of fused-ring (bicyclic) bond motifs is 1. The highest BCUT2D eigenvalue weighted by molar-refractivity contribution is 5.75. The fraction of sp³-hybridized carbons (Fsp3) is 0.0625. The van der Waals surface area contributed by atoms with Gasteiger partial charge in [-0.25, -0.2) is 13.8 Å². The van der Waals surface area contributed by atoms with E-state index in [1.165, 1.54) is 6.07 Å². The molecule has 0 aliphatic heterocycles. The summed E-state index contributed by atoms with van der Waals surface area (Å²) in [4.78, 5) is 4.07. The zero-order valence-electron chi connectivity index (χ0n) is 10.6. The molecular formula is C16H12F2N2. The van der Waals surface area contributed by atoms with Gasteiger partial charge in [0.15, 0.2) is 11.6 Å². The molecule has 0 bridgehead atoms. The van der Waals surface area contributed by atoms with Gasteiger partial charge in [0, 0.05) is 18.7 Å². The highest BCUT2D eigenvalue weighted by Crippen LogP contribution is 2.17. The Morgan fingerprint density at radius 1 is 1.05 bits per heavy atom. The number of hydrogen-bond acceptors (Lipinski definition) is 1. The third-order valence-corrected chi connectivity index (χ3v) is 3.08. The molecule has 0 unspecified atom stereocenters. The summed E-state index contributed by atoms with van der Waals surface area (Å²) in [5.41, 5.74) is 2.13. The Bertz CT molecular complexity index is 761. The first-order valence-corrected chi connectivity index (χ1v) is 6.25. The third kappa shape index (κ3) is 2.45. The smallest absolute Gasteiger partial charge is 0.161 e. The average molecular weight is 270 g/mol. The van der Waals surface area contributed by atoms with Crippen LogP contribution < -0.4 is 0 Å². The Labute approximate surface area is 115 Å². The lowest BCUT2D eigenvalue weighted by Crippen LogP contribution is -1.93. The van der Waals surface area contributed by atoms with Gasteiger partial charge in [0.05, 0.1) is 17.4 Å². The number of halogens is 2. The molecule has 0 aliphatic rings. The van der Waals surface area contributed by atoms with Gasteiger partial charge in [0.2, 0.25) is 0 Å². The van der Waals surface area contributed by atoms with Crippen LogP contribution in [0.1, 0.15) is 5.56 Å². The van der Waals surface area contributed by atoms with Crippen LogP contribution in [0.4, 0.5) is 8.78 Å². The predicted molar refractivity (Wildman–Crippen MR) is 75.1 cm³/mol. The molecule has 0 saturated carbocycles. The van der Waals surface area contributed by atoms with Gasteiger partial charge in [-0.2, -0.15) is 0 Å². The molecule has 1 aromatic heterocycles. The molecule has 2 aromatic carbocycles. The van der Waals surface area contributed by atoms with Crippen molar-refractivity contribution in [3.05, 3.63) is 72.1 Å². The molecule has 0 amide bonds. The van der Waals surface area contributed by atoms with E-state index < -0.39 is 11.6 Å². The summed E-state index contributed by atoms with van der Waals surface area (Å²) >= 11 is 0. The number of benzene rings is 2. The van der Waals surface area contributed by atoms with E-state index in [1.807, 2.05) is 42.5 Å². The molecule has 3 aromatic rings. The first-order valence-electron chi connectivity index (χ1n) is 6.25. The van der Waals surface area contributed by atoms with Crippen molar-refractivity contribution < 1.29 is 8.78 Å². The maximum absolute atomic E-state index is 13.3. The molecule has 100 valence electrons. The summed E-state index contributed by atoms with van der Waals surface area (Å²) in [6, 6.07) is 12.2. The van der Waals surface area contributed by atoms with Crippen molar-refractivity contribution in [1.82, 2.24) is 9.55 Å². The van der Waals surface area contributed by atoms with Gasteiger partial charge in [-0.3, -0.25) is 0 Å². The minimum atomic E-state index is -0.873. The number of rotatable bonds is 3. The first kappa shape index (κ1) is 12.5. The first-order chi connectivity index (χ1) is 9.74. The molecule has 0 N–H and O–H groups in total. The average Bonchev–Trinajstić information content (AvgIpc) is 2.83. The zero-order chi connectivity index (χ0) is 13.9. The predicted octanol–water partition coefficient (Wildman–Crippen LogP) is 4.03. The van der Waals surface area contributed by atoms with Crippen LogP contribution in [0.15, 0.2) is 54.9 Å². The lowest BCUT2D eigenvalue weighted by molar-refractivity contribution is 0.510. The molecule has 20 heavy (non-hydrogen) atoms. The second-order valence-electron chi connectivity index (χ2n) is 4.47. The molecule has 4 heteroatoms. The summed E-state index contributed by atoms with van der Waals surface area (Å²) in [7, 11) is 0. The number of nitrogens with zero attached hydrogens (tertiary/aromatic N) is 2. The van der Waals surface area contributed by atoms with Crippen LogP contribution in [-0.4, -0.2) is 9.55 Å². The highest BCUT2D eigenvalue weighted by atomic mass is 19.2. The molecule has 0 fully saturated rings. The molecule has 2 nitrogen and oxygen atoms in total. The quantitative estimate of drug-likeness (QED) is 0.702. The Kier molecular flexibility index (Phi) is 3.29. The van der Waals surface area contributed by atoms with Gasteiger partial charge in [0.1, 0.15) is 0 Å². The lowest BCUT2D eigenvalue weighted by atomic mass is 10.2. The Morgan fingerprint density at radius 2 is 1.80 bits per heavy atom. The van der Waals surface area contributed by atoms with Gasteiger partial charge in [-0.15, -0.1) is 0 Å². The highest BCUT2D eigenvalue weighted by Gasteiger charge is 2.08. The summed E-state index contributed by atoms with van der Waals surface area (Å²) in [5.74, 6) is -1.73. The van der Waals surface area contributed by atoms with E-state index >= 15 is 0 Å². The van der Waals surface area contributed by atoms with Gasteiger partial charge >= 0.3 is 0 Å². The molecular weight excluding hydrogens is 258 g/mol. The number of imidazole rings is 1. The lowest BCUT2D eigenvalue weighted by Gasteiger charge is -2.00. The van der Waals surface area contributed by atoms with Crippen molar-refractivity contribution in [2.24, 2.45) is 0 Å². The Balaban J connectivity index is 1.85. The second-order valence-corrected chi connectivity index (χ2v) is 4.47. The normalized spacial score (nSPS) is 11.5. The topological polar surface area (TPSA) is 17.8 Å². The van der Waals surface area contributed by atoms with Crippen molar-refractivity contribution in [1.29, 1.82) is 0 Å². The van der Waals surface area contributed by atoms with Crippen molar-refractivity contribution >= 4 is 17.1 Å².